The number of carboxylic acid groups (broad SMARTS) is 2. The van der Waals surface area contributed by atoms with Crippen molar-refractivity contribution in [2.24, 2.45) is 5.73 Å². The Morgan fingerprint density at radius 1 is 1.38 bits per heavy atom. The van der Waals surface area contributed by atoms with Crippen LogP contribution in [-0.2, 0) is 21.5 Å². The van der Waals surface area contributed by atoms with E-state index in [1.54, 1.807) is 18.2 Å². The molecule has 0 saturated carbocycles. The van der Waals surface area contributed by atoms with Crippen LogP contribution in [-0.4, -0.2) is 22.2 Å². The zero-order valence-corrected chi connectivity index (χ0v) is 8.80. The monoisotopic (exact) mass is 223 g/mol. The third-order valence-electron chi connectivity index (χ3n) is 2.33. The highest BCUT2D eigenvalue weighted by atomic mass is 16.4. The van der Waals surface area contributed by atoms with Crippen molar-refractivity contribution >= 4 is 11.9 Å². The van der Waals surface area contributed by atoms with Gasteiger partial charge >= 0.3 is 11.9 Å². The van der Waals surface area contributed by atoms with Crippen molar-refractivity contribution in [3.8, 4) is 0 Å². The molecule has 1 aromatic rings. The molecular weight excluding hydrogens is 210 g/mol. The van der Waals surface area contributed by atoms with E-state index in [2.05, 4.69) is 0 Å². The number of aliphatic carboxylic acids is 2. The first kappa shape index (κ1) is 12.2. The summed E-state index contributed by atoms with van der Waals surface area (Å²) in [5, 5.41) is 17.5. The molecule has 1 aromatic carbocycles. The molecule has 0 aliphatic heterocycles. The molecule has 0 amide bonds. The van der Waals surface area contributed by atoms with Crippen molar-refractivity contribution < 1.29 is 19.8 Å². The molecule has 1 rings (SSSR count). The third-order valence-corrected chi connectivity index (χ3v) is 2.33. The topological polar surface area (TPSA) is 101 Å². The highest BCUT2D eigenvalue weighted by molar-refractivity contribution is 5.80. The zero-order valence-electron chi connectivity index (χ0n) is 8.80. The Morgan fingerprint density at radius 3 is 2.50 bits per heavy atom. The second-order valence-corrected chi connectivity index (χ2v) is 3.78. The summed E-state index contributed by atoms with van der Waals surface area (Å²) in [5.41, 5.74) is 5.05. The number of hydrogen-bond acceptors (Lipinski definition) is 3. The molecule has 0 spiro atoms. The summed E-state index contributed by atoms with van der Waals surface area (Å²) in [6, 6.07) is 6.29. The lowest BCUT2D eigenvalue weighted by Gasteiger charge is -2.20. The number of hydrogen-bond donors (Lipinski definition) is 3. The molecule has 0 aliphatic rings. The van der Waals surface area contributed by atoms with Crippen molar-refractivity contribution in [3.63, 3.8) is 0 Å². The Kier molecular flexibility index (Phi) is 3.29. The Labute approximate surface area is 92.5 Å². The van der Waals surface area contributed by atoms with Crippen LogP contribution in [0.1, 0.15) is 18.1 Å². The summed E-state index contributed by atoms with van der Waals surface area (Å²) in [6.45, 7) is 1.37. The largest absolute Gasteiger partial charge is 0.481 e. The normalized spacial score (nSPS) is 14.1. The minimum atomic E-state index is -1.51. The van der Waals surface area contributed by atoms with Crippen molar-refractivity contribution in [2.45, 2.75) is 18.9 Å². The number of rotatable bonds is 4. The molecule has 0 aliphatic carbocycles. The second-order valence-electron chi connectivity index (χ2n) is 3.78. The number of benzene rings is 1. The van der Waals surface area contributed by atoms with E-state index in [9.17, 15) is 9.59 Å². The van der Waals surface area contributed by atoms with Gasteiger partial charge in [0.05, 0.1) is 6.42 Å². The zero-order chi connectivity index (χ0) is 12.3. The standard InChI is InChI=1S/C11H13NO4/c1-11(12,10(15)16)8-4-2-3-7(5-8)6-9(13)14/h2-5H,6,12H2,1H3,(H,13,14)(H,15,16)/t11-/m1/s1. The molecule has 0 fully saturated rings. The van der Waals surface area contributed by atoms with Crippen LogP contribution in [0.2, 0.25) is 0 Å². The van der Waals surface area contributed by atoms with Crippen LogP contribution in [0.15, 0.2) is 24.3 Å². The van der Waals surface area contributed by atoms with Crippen LogP contribution in [0.4, 0.5) is 0 Å². The number of nitrogens with two attached hydrogens (primary N) is 1. The molecule has 0 aromatic heterocycles. The molecule has 86 valence electrons. The molecule has 0 radical (unpaired) electrons. The lowest BCUT2D eigenvalue weighted by atomic mass is 9.91. The molecule has 1 atom stereocenters. The van der Waals surface area contributed by atoms with E-state index in [1.807, 2.05) is 0 Å². The highest BCUT2D eigenvalue weighted by Gasteiger charge is 2.30. The first-order valence-corrected chi connectivity index (χ1v) is 4.67. The molecular formula is C11H13NO4. The minimum Gasteiger partial charge on any atom is -0.481 e. The van der Waals surface area contributed by atoms with E-state index in [1.165, 1.54) is 13.0 Å². The van der Waals surface area contributed by atoms with E-state index in [4.69, 9.17) is 15.9 Å². The van der Waals surface area contributed by atoms with Gasteiger partial charge in [-0.05, 0) is 18.1 Å². The summed E-state index contributed by atoms with van der Waals surface area (Å²) in [4.78, 5) is 21.4. The maximum atomic E-state index is 10.9. The Balaban J connectivity index is 3.07. The summed E-state index contributed by atoms with van der Waals surface area (Å²) < 4.78 is 0. The van der Waals surface area contributed by atoms with Gasteiger partial charge in [0, 0.05) is 0 Å². The summed E-state index contributed by atoms with van der Waals surface area (Å²) in [7, 11) is 0. The number of carbonyl (C=O) groups is 2. The first-order valence-electron chi connectivity index (χ1n) is 4.67. The lowest BCUT2D eigenvalue weighted by molar-refractivity contribution is -0.143. The fourth-order valence-electron chi connectivity index (χ4n) is 1.30. The van der Waals surface area contributed by atoms with Gasteiger partial charge in [-0.1, -0.05) is 24.3 Å². The minimum absolute atomic E-state index is 0.149. The van der Waals surface area contributed by atoms with E-state index in [0.717, 1.165) is 0 Å². The van der Waals surface area contributed by atoms with Gasteiger partial charge in [0.15, 0.2) is 0 Å². The molecule has 0 bridgehead atoms. The molecule has 4 N–H and O–H groups in total. The summed E-state index contributed by atoms with van der Waals surface area (Å²) in [6.07, 6.45) is -0.149. The van der Waals surface area contributed by atoms with Gasteiger partial charge in [0.25, 0.3) is 0 Å². The van der Waals surface area contributed by atoms with Gasteiger partial charge in [0.1, 0.15) is 5.54 Å². The van der Waals surface area contributed by atoms with Crippen LogP contribution >= 0.6 is 0 Å². The van der Waals surface area contributed by atoms with Gasteiger partial charge < -0.3 is 15.9 Å². The average molecular weight is 223 g/mol. The van der Waals surface area contributed by atoms with E-state index < -0.39 is 17.5 Å². The van der Waals surface area contributed by atoms with Gasteiger partial charge in [0.2, 0.25) is 0 Å². The maximum absolute atomic E-state index is 10.9. The van der Waals surface area contributed by atoms with Crippen molar-refractivity contribution in [3.05, 3.63) is 35.4 Å². The predicted octanol–water partition coefficient (Wildman–Crippen LogP) is 0.572. The van der Waals surface area contributed by atoms with Gasteiger partial charge in [-0.2, -0.15) is 0 Å². The maximum Gasteiger partial charge on any atom is 0.328 e. The van der Waals surface area contributed by atoms with Crippen molar-refractivity contribution in [1.82, 2.24) is 0 Å². The fourth-order valence-corrected chi connectivity index (χ4v) is 1.30. The molecule has 0 unspecified atom stereocenters. The van der Waals surface area contributed by atoms with Gasteiger partial charge in [-0.25, -0.2) is 4.79 Å². The molecule has 0 saturated heterocycles. The van der Waals surface area contributed by atoms with Crippen LogP contribution in [0.3, 0.4) is 0 Å². The molecule has 5 heteroatoms. The van der Waals surface area contributed by atoms with Crippen LogP contribution < -0.4 is 5.73 Å². The Bertz CT molecular complexity index is 426. The summed E-state index contributed by atoms with van der Waals surface area (Å²) in [5.74, 6) is -2.12. The third kappa shape index (κ3) is 2.58. The first-order chi connectivity index (χ1) is 7.34. The number of carboxylic acids is 2. The Hall–Kier alpha value is -1.88. The van der Waals surface area contributed by atoms with E-state index in [-0.39, 0.29) is 6.42 Å². The fraction of sp³-hybridized carbons (Fsp3) is 0.273. The Morgan fingerprint density at radius 2 is 2.00 bits per heavy atom. The average Bonchev–Trinajstić information content (AvgIpc) is 2.16. The quantitative estimate of drug-likeness (QED) is 0.692. The predicted molar refractivity (Wildman–Crippen MR) is 57.0 cm³/mol. The highest BCUT2D eigenvalue weighted by Crippen LogP contribution is 2.19. The van der Waals surface area contributed by atoms with Crippen molar-refractivity contribution in [2.75, 3.05) is 0 Å². The molecule has 0 heterocycles. The van der Waals surface area contributed by atoms with E-state index >= 15 is 0 Å². The molecule has 16 heavy (non-hydrogen) atoms. The smallest absolute Gasteiger partial charge is 0.328 e. The van der Waals surface area contributed by atoms with Crippen LogP contribution in [0.25, 0.3) is 0 Å². The van der Waals surface area contributed by atoms with Crippen molar-refractivity contribution in [1.29, 1.82) is 0 Å². The molecule has 5 nitrogen and oxygen atoms in total. The van der Waals surface area contributed by atoms with E-state index in [0.29, 0.717) is 11.1 Å². The second kappa shape index (κ2) is 4.32. The van der Waals surface area contributed by atoms with Gasteiger partial charge in [-0.3, -0.25) is 4.79 Å². The summed E-state index contributed by atoms with van der Waals surface area (Å²) >= 11 is 0. The SMILES string of the molecule is C[C@](N)(C(=O)O)c1cccc(CC(=O)O)c1. The van der Waals surface area contributed by atoms with Gasteiger partial charge in [-0.15, -0.1) is 0 Å². The lowest BCUT2D eigenvalue weighted by Crippen LogP contribution is -2.41. The van der Waals surface area contributed by atoms with Crippen LogP contribution in [0, 0.1) is 0 Å². The van der Waals surface area contributed by atoms with Crippen LogP contribution in [0.5, 0.6) is 0 Å².